The number of hydrogen-bond donors (Lipinski definition) is 2. The van der Waals surface area contributed by atoms with Gasteiger partial charge in [0, 0.05) is 30.2 Å². The standard InChI is InChI=1S/C22H16N8O2/c31-21(29-25-13-15-5-9-23-10-6-15)18-3-1-17-2-4-19(28-20(17)27-18)22(32)30-26-14-16-7-11-24-12-8-16/h1-14H,(H,29,31)(H,30,32). The fourth-order valence-corrected chi connectivity index (χ4v) is 2.60. The van der Waals surface area contributed by atoms with E-state index < -0.39 is 11.8 Å². The number of fused-ring (bicyclic) bond motifs is 1. The first-order chi connectivity index (χ1) is 15.7. The molecule has 0 aliphatic heterocycles. The lowest BCUT2D eigenvalue weighted by Crippen LogP contribution is -2.20. The Labute approximate surface area is 182 Å². The molecule has 4 aromatic heterocycles. The quantitative estimate of drug-likeness (QED) is 0.359. The summed E-state index contributed by atoms with van der Waals surface area (Å²) < 4.78 is 0. The van der Waals surface area contributed by atoms with Gasteiger partial charge < -0.3 is 0 Å². The van der Waals surface area contributed by atoms with E-state index in [-0.39, 0.29) is 17.0 Å². The highest BCUT2D eigenvalue weighted by Crippen LogP contribution is 2.12. The Hall–Kier alpha value is -4.86. The van der Waals surface area contributed by atoms with E-state index in [1.807, 2.05) is 0 Å². The van der Waals surface area contributed by atoms with E-state index >= 15 is 0 Å². The van der Waals surface area contributed by atoms with Crippen LogP contribution in [0.25, 0.3) is 11.0 Å². The van der Waals surface area contributed by atoms with E-state index in [1.165, 1.54) is 12.4 Å². The van der Waals surface area contributed by atoms with E-state index in [9.17, 15) is 9.59 Å². The van der Waals surface area contributed by atoms with Crippen LogP contribution in [0.5, 0.6) is 0 Å². The second-order valence-electron chi connectivity index (χ2n) is 6.40. The highest BCUT2D eigenvalue weighted by atomic mass is 16.2. The second-order valence-corrected chi connectivity index (χ2v) is 6.40. The number of aromatic nitrogens is 4. The smallest absolute Gasteiger partial charge is 0.266 e. The van der Waals surface area contributed by atoms with Gasteiger partial charge in [0.15, 0.2) is 5.65 Å². The predicted molar refractivity (Wildman–Crippen MR) is 118 cm³/mol. The van der Waals surface area contributed by atoms with Crippen LogP contribution in [0.4, 0.5) is 0 Å². The highest BCUT2D eigenvalue weighted by Gasteiger charge is 2.11. The molecule has 156 valence electrons. The average molecular weight is 424 g/mol. The van der Waals surface area contributed by atoms with Crippen LogP contribution in [0.3, 0.4) is 0 Å². The van der Waals surface area contributed by atoms with Crippen molar-refractivity contribution in [2.75, 3.05) is 0 Å². The summed E-state index contributed by atoms with van der Waals surface area (Å²) in [6.45, 7) is 0. The Bertz CT molecular complexity index is 1210. The molecule has 0 radical (unpaired) electrons. The number of hydrazone groups is 2. The zero-order valence-electron chi connectivity index (χ0n) is 16.6. The summed E-state index contributed by atoms with van der Waals surface area (Å²) >= 11 is 0. The van der Waals surface area contributed by atoms with Gasteiger partial charge in [-0.15, -0.1) is 0 Å². The molecule has 0 aromatic carbocycles. The maximum atomic E-state index is 12.3. The molecule has 0 aliphatic carbocycles. The topological polar surface area (TPSA) is 134 Å². The predicted octanol–water partition coefficient (Wildman–Crippen LogP) is 1.95. The van der Waals surface area contributed by atoms with Crippen LogP contribution in [0.2, 0.25) is 0 Å². The molecule has 4 aromatic rings. The Balaban J connectivity index is 1.45. The van der Waals surface area contributed by atoms with Crippen molar-refractivity contribution in [3.05, 3.63) is 95.8 Å². The fraction of sp³-hybridized carbons (Fsp3) is 0. The molecule has 0 bridgehead atoms. The molecule has 0 saturated heterocycles. The van der Waals surface area contributed by atoms with Crippen LogP contribution in [0, 0.1) is 0 Å². The number of pyridine rings is 4. The number of rotatable bonds is 6. The van der Waals surface area contributed by atoms with Crippen molar-refractivity contribution >= 4 is 35.3 Å². The molecule has 2 N–H and O–H groups in total. The zero-order chi connectivity index (χ0) is 22.2. The van der Waals surface area contributed by atoms with Crippen LogP contribution >= 0.6 is 0 Å². The van der Waals surface area contributed by atoms with Crippen molar-refractivity contribution < 1.29 is 9.59 Å². The van der Waals surface area contributed by atoms with Gasteiger partial charge in [0.2, 0.25) is 0 Å². The number of carbonyl (C=O) groups is 2. The number of hydrogen-bond acceptors (Lipinski definition) is 8. The SMILES string of the molecule is O=C(NN=Cc1ccncc1)c1ccc2ccc(C(=O)NN=Cc3ccncc3)nc2n1. The molecule has 4 rings (SSSR count). The van der Waals surface area contributed by atoms with Crippen molar-refractivity contribution in [3.63, 3.8) is 0 Å². The molecule has 2 amide bonds. The molecule has 0 spiro atoms. The molecule has 32 heavy (non-hydrogen) atoms. The molecular weight excluding hydrogens is 408 g/mol. The lowest BCUT2D eigenvalue weighted by atomic mass is 10.2. The van der Waals surface area contributed by atoms with E-state index in [0.29, 0.717) is 5.39 Å². The summed E-state index contributed by atoms with van der Waals surface area (Å²) in [5, 5.41) is 8.49. The summed E-state index contributed by atoms with van der Waals surface area (Å²) in [6, 6.07) is 13.5. The Morgan fingerprint density at radius 1 is 0.656 bits per heavy atom. The number of nitrogens with one attached hydrogen (secondary N) is 2. The largest absolute Gasteiger partial charge is 0.290 e. The third-order valence-electron chi connectivity index (χ3n) is 4.19. The lowest BCUT2D eigenvalue weighted by molar-refractivity contribution is 0.0944. The molecule has 0 saturated carbocycles. The molecule has 10 heteroatoms. The highest BCUT2D eigenvalue weighted by molar-refractivity contribution is 5.97. The van der Waals surface area contributed by atoms with E-state index in [2.05, 4.69) is 41.0 Å². The fourth-order valence-electron chi connectivity index (χ4n) is 2.60. The Morgan fingerprint density at radius 2 is 1.09 bits per heavy atom. The van der Waals surface area contributed by atoms with E-state index in [0.717, 1.165) is 11.1 Å². The molecule has 10 nitrogen and oxygen atoms in total. The summed E-state index contributed by atoms with van der Waals surface area (Å²) in [5.74, 6) is -1.01. The zero-order valence-corrected chi connectivity index (χ0v) is 16.6. The maximum Gasteiger partial charge on any atom is 0.290 e. The van der Waals surface area contributed by atoms with E-state index in [4.69, 9.17) is 0 Å². The lowest BCUT2D eigenvalue weighted by Gasteiger charge is -2.04. The minimum atomic E-state index is -0.504. The van der Waals surface area contributed by atoms with Crippen molar-refractivity contribution in [2.45, 2.75) is 0 Å². The number of carbonyl (C=O) groups excluding carboxylic acids is 2. The molecule has 0 fully saturated rings. The Kier molecular flexibility index (Phi) is 6.23. The average Bonchev–Trinajstić information content (AvgIpc) is 2.84. The summed E-state index contributed by atoms with van der Waals surface area (Å²) in [4.78, 5) is 41.0. The third-order valence-corrected chi connectivity index (χ3v) is 4.19. The van der Waals surface area contributed by atoms with Crippen LogP contribution in [-0.2, 0) is 0 Å². The summed E-state index contributed by atoms with van der Waals surface area (Å²) in [5.41, 5.74) is 6.88. The maximum absolute atomic E-state index is 12.3. The summed E-state index contributed by atoms with van der Waals surface area (Å²) in [7, 11) is 0. The first-order valence-electron chi connectivity index (χ1n) is 9.44. The molecule has 0 unspecified atom stereocenters. The van der Waals surface area contributed by atoms with E-state index in [1.54, 1.807) is 73.3 Å². The van der Waals surface area contributed by atoms with Crippen LogP contribution < -0.4 is 10.9 Å². The van der Waals surface area contributed by atoms with Crippen LogP contribution in [-0.4, -0.2) is 44.2 Å². The monoisotopic (exact) mass is 424 g/mol. The van der Waals surface area contributed by atoms with Crippen molar-refractivity contribution in [1.82, 2.24) is 30.8 Å². The van der Waals surface area contributed by atoms with Gasteiger partial charge in [-0.05, 0) is 59.7 Å². The Morgan fingerprint density at radius 3 is 1.53 bits per heavy atom. The van der Waals surface area contributed by atoms with Crippen LogP contribution in [0.15, 0.2) is 83.5 Å². The van der Waals surface area contributed by atoms with Gasteiger partial charge in [0.05, 0.1) is 12.4 Å². The second kappa shape index (κ2) is 9.76. The van der Waals surface area contributed by atoms with Crippen molar-refractivity contribution in [3.8, 4) is 0 Å². The molecule has 0 atom stereocenters. The number of nitrogens with zero attached hydrogens (tertiary/aromatic N) is 6. The normalized spacial score (nSPS) is 11.1. The molecule has 0 aliphatic rings. The van der Waals surface area contributed by atoms with Gasteiger partial charge in [-0.2, -0.15) is 10.2 Å². The van der Waals surface area contributed by atoms with Gasteiger partial charge in [-0.3, -0.25) is 19.6 Å². The molecular formula is C22H16N8O2. The van der Waals surface area contributed by atoms with Crippen molar-refractivity contribution in [2.24, 2.45) is 10.2 Å². The number of amides is 2. The summed E-state index contributed by atoms with van der Waals surface area (Å²) in [6.07, 6.45) is 9.48. The molecule has 4 heterocycles. The first kappa shape index (κ1) is 20.4. The third kappa shape index (κ3) is 5.19. The van der Waals surface area contributed by atoms with Crippen molar-refractivity contribution in [1.29, 1.82) is 0 Å². The van der Waals surface area contributed by atoms with Gasteiger partial charge in [-0.1, -0.05) is 0 Å². The van der Waals surface area contributed by atoms with Gasteiger partial charge in [-0.25, -0.2) is 20.8 Å². The first-order valence-corrected chi connectivity index (χ1v) is 9.44. The minimum Gasteiger partial charge on any atom is -0.266 e. The van der Waals surface area contributed by atoms with Gasteiger partial charge >= 0.3 is 0 Å². The van der Waals surface area contributed by atoms with Gasteiger partial charge in [0.1, 0.15) is 11.4 Å². The minimum absolute atomic E-state index is 0.116. The van der Waals surface area contributed by atoms with Gasteiger partial charge in [0.25, 0.3) is 11.8 Å². The van der Waals surface area contributed by atoms with Crippen LogP contribution in [0.1, 0.15) is 32.1 Å².